The molecule has 2 aromatic heterocycles. The first-order valence-electron chi connectivity index (χ1n) is 9.21. The summed E-state index contributed by atoms with van der Waals surface area (Å²) < 4.78 is 1.53. The average molecular weight is 380 g/mol. The third-order valence-corrected chi connectivity index (χ3v) is 4.54. The first-order valence-corrected chi connectivity index (χ1v) is 9.21. The highest BCUT2D eigenvalue weighted by Crippen LogP contribution is 2.12. The number of carbonyl (C=O) groups is 1. The van der Waals surface area contributed by atoms with E-state index in [0.717, 1.165) is 19.4 Å². The maximum Gasteiger partial charge on any atom is 0.264 e. The molecule has 28 heavy (non-hydrogen) atoms. The summed E-state index contributed by atoms with van der Waals surface area (Å²) in [5.74, 6) is 0.296. The number of hydrogen-bond acceptors (Lipinski definition) is 5. The van der Waals surface area contributed by atoms with Gasteiger partial charge in [-0.15, -0.1) is 0 Å². The van der Waals surface area contributed by atoms with Crippen molar-refractivity contribution in [3.8, 4) is 5.82 Å². The van der Waals surface area contributed by atoms with Gasteiger partial charge in [0.1, 0.15) is 0 Å². The molecule has 0 atom stereocenters. The summed E-state index contributed by atoms with van der Waals surface area (Å²) in [6, 6.07) is 13.1. The lowest BCUT2D eigenvalue weighted by Crippen LogP contribution is -2.26. The van der Waals surface area contributed by atoms with E-state index >= 15 is 0 Å². The molecule has 0 aliphatic heterocycles. The van der Waals surface area contributed by atoms with Crippen LogP contribution in [-0.4, -0.2) is 46.0 Å². The average Bonchev–Trinajstić information content (AvgIpc) is 3.10. The van der Waals surface area contributed by atoms with Crippen molar-refractivity contribution in [3.05, 3.63) is 70.3 Å². The van der Waals surface area contributed by atoms with Gasteiger partial charge >= 0.3 is 0 Å². The van der Waals surface area contributed by atoms with Gasteiger partial charge in [0.2, 0.25) is 0 Å². The van der Waals surface area contributed by atoms with Gasteiger partial charge in [0, 0.05) is 31.9 Å². The smallest absolute Gasteiger partial charge is 0.264 e. The second kappa shape index (κ2) is 8.98. The summed E-state index contributed by atoms with van der Waals surface area (Å²) in [4.78, 5) is 25.8. The Labute approximate surface area is 163 Å². The molecule has 0 aliphatic rings. The van der Waals surface area contributed by atoms with E-state index in [0.29, 0.717) is 23.6 Å². The molecule has 2 heterocycles. The number of nitrogens with zero attached hydrogens (tertiary/aromatic N) is 4. The fraction of sp³-hybridized carbons (Fsp3) is 0.300. The number of para-hydroxylation sites is 1. The van der Waals surface area contributed by atoms with Crippen LogP contribution in [0.1, 0.15) is 28.9 Å². The van der Waals surface area contributed by atoms with Crippen molar-refractivity contribution in [2.75, 3.05) is 25.0 Å². The molecule has 146 valence electrons. The molecule has 8 heteroatoms. The highest BCUT2D eigenvalue weighted by Gasteiger charge is 2.15. The number of nitrogens with one attached hydrogen (secondary N) is 2. The molecule has 0 unspecified atom stereocenters. The zero-order chi connectivity index (χ0) is 19.9. The highest BCUT2D eigenvalue weighted by atomic mass is 16.1. The Hall–Kier alpha value is -3.42. The molecule has 0 aliphatic carbocycles. The summed E-state index contributed by atoms with van der Waals surface area (Å²) in [5, 5.41) is 13.4. The predicted molar refractivity (Wildman–Crippen MR) is 108 cm³/mol. The molecule has 0 bridgehead atoms. The maximum absolute atomic E-state index is 12.4. The van der Waals surface area contributed by atoms with Crippen molar-refractivity contribution < 1.29 is 4.79 Å². The highest BCUT2D eigenvalue weighted by molar-refractivity contribution is 5.95. The molecule has 3 rings (SSSR count). The number of aromatic amines is 1. The van der Waals surface area contributed by atoms with E-state index in [1.165, 1.54) is 22.6 Å². The van der Waals surface area contributed by atoms with E-state index in [2.05, 4.69) is 44.7 Å². The number of amides is 1. The minimum atomic E-state index is -0.288. The molecule has 3 aromatic rings. The van der Waals surface area contributed by atoms with Gasteiger partial charge in [-0.2, -0.15) is 10.2 Å². The second-order valence-electron chi connectivity index (χ2n) is 6.55. The molecule has 0 fully saturated rings. The van der Waals surface area contributed by atoms with Gasteiger partial charge in [-0.1, -0.05) is 18.2 Å². The lowest BCUT2D eigenvalue weighted by atomic mass is 10.2. The van der Waals surface area contributed by atoms with Crippen LogP contribution >= 0.6 is 0 Å². The zero-order valence-electron chi connectivity index (χ0n) is 16.1. The van der Waals surface area contributed by atoms with Crippen molar-refractivity contribution >= 4 is 11.6 Å². The third kappa shape index (κ3) is 4.64. The number of hydrogen-bond donors (Lipinski definition) is 2. The number of unbranched alkanes of at least 4 members (excludes halogenated alkanes) is 1. The van der Waals surface area contributed by atoms with Gasteiger partial charge in [-0.25, -0.2) is 9.78 Å². The van der Waals surface area contributed by atoms with E-state index in [9.17, 15) is 9.59 Å². The molecular weight excluding hydrogens is 356 g/mol. The Bertz CT molecular complexity index is 959. The van der Waals surface area contributed by atoms with E-state index in [1.54, 1.807) is 13.0 Å². The van der Waals surface area contributed by atoms with Crippen LogP contribution in [0.25, 0.3) is 5.82 Å². The van der Waals surface area contributed by atoms with E-state index < -0.39 is 0 Å². The van der Waals surface area contributed by atoms with Gasteiger partial charge in [0.15, 0.2) is 5.82 Å². The van der Waals surface area contributed by atoms with Gasteiger partial charge < -0.3 is 10.2 Å². The Kier molecular flexibility index (Phi) is 6.21. The standard InChI is InChI=1S/C20H24N6O2/c1-15-17(14-22-26(15)18-10-11-19(27)24-23-18)20(28)21-12-6-7-13-25(2)16-8-4-3-5-9-16/h3-5,8-11,14H,6-7,12-13H2,1-2H3,(H,21,28)(H,24,27). The molecule has 0 saturated heterocycles. The maximum atomic E-state index is 12.4. The van der Waals surface area contributed by atoms with Crippen molar-refractivity contribution in [3.63, 3.8) is 0 Å². The van der Waals surface area contributed by atoms with E-state index in [1.807, 2.05) is 18.2 Å². The topological polar surface area (TPSA) is 95.9 Å². The van der Waals surface area contributed by atoms with Gasteiger partial charge in [0.05, 0.1) is 17.5 Å². The van der Waals surface area contributed by atoms with Crippen LogP contribution in [0, 0.1) is 6.92 Å². The largest absolute Gasteiger partial charge is 0.375 e. The molecule has 1 aromatic carbocycles. The summed E-state index contributed by atoms with van der Waals surface area (Å²) in [7, 11) is 2.07. The lowest BCUT2D eigenvalue weighted by molar-refractivity contribution is 0.0952. The number of rotatable bonds is 8. The zero-order valence-corrected chi connectivity index (χ0v) is 16.1. The fourth-order valence-corrected chi connectivity index (χ4v) is 2.90. The predicted octanol–water partition coefficient (Wildman–Crippen LogP) is 1.91. The van der Waals surface area contributed by atoms with Gasteiger partial charge in [-0.3, -0.25) is 9.59 Å². The molecule has 0 spiro atoms. The molecule has 1 amide bonds. The molecular formula is C20H24N6O2. The van der Waals surface area contributed by atoms with Crippen LogP contribution in [0.4, 0.5) is 5.69 Å². The number of benzene rings is 1. The van der Waals surface area contributed by atoms with Gasteiger partial charge in [-0.05, 0) is 38.0 Å². The minimum absolute atomic E-state index is 0.162. The van der Waals surface area contributed by atoms with E-state index in [-0.39, 0.29) is 11.5 Å². The van der Waals surface area contributed by atoms with E-state index in [4.69, 9.17) is 0 Å². The van der Waals surface area contributed by atoms with Crippen molar-refractivity contribution in [1.29, 1.82) is 0 Å². The second-order valence-corrected chi connectivity index (χ2v) is 6.55. The van der Waals surface area contributed by atoms with Crippen LogP contribution in [0.5, 0.6) is 0 Å². The Morgan fingerprint density at radius 2 is 1.96 bits per heavy atom. The van der Waals surface area contributed by atoms with Crippen LogP contribution < -0.4 is 15.8 Å². The number of aromatic nitrogens is 4. The minimum Gasteiger partial charge on any atom is -0.375 e. The van der Waals surface area contributed by atoms with Crippen molar-refractivity contribution in [1.82, 2.24) is 25.3 Å². The lowest BCUT2D eigenvalue weighted by Gasteiger charge is -2.19. The Morgan fingerprint density at radius 1 is 1.18 bits per heavy atom. The van der Waals surface area contributed by atoms with Gasteiger partial charge in [0.25, 0.3) is 11.5 Å². The molecule has 0 radical (unpaired) electrons. The van der Waals surface area contributed by atoms with Crippen LogP contribution in [0.3, 0.4) is 0 Å². The molecule has 8 nitrogen and oxygen atoms in total. The molecule has 0 saturated carbocycles. The number of anilines is 1. The summed E-state index contributed by atoms with van der Waals surface area (Å²) in [6.07, 6.45) is 3.38. The summed E-state index contributed by atoms with van der Waals surface area (Å²) >= 11 is 0. The van der Waals surface area contributed by atoms with Crippen molar-refractivity contribution in [2.45, 2.75) is 19.8 Å². The normalized spacial score (nSPS) is 10.6. The quantitative estimate of drug-likeness (QED) is 0.582. The van der Waals surface area contributed by atoms with Crippen LogP contribution in [-0.2, 0) is 0 Å². The Morgan fingerprint density at radius 3 is 2.68 bits per heavy atom. The summed E-state index contributed by atoms with van der Waals surface area (Å²) in [5.41, 5.74) is 2.06. The molecule has 2 N–H and O–H groups in total. The number of carbonyl (C=O) groups excluding carboxylic acids is 1. The first-order chi connectivity index (χ1) is 13.6. The fourth-order valence-electron chi connectivity index (χ4n) is 2.90. The SMILES string of the molecule is Cc1c(C(=O)NCCCCN(C)c2ccccc2)cnn1-c1ccc(=O)[nH]n1. The van der Waals surface area contributed by atoms with Crippen LogP contribution in [0.15, 0.2) is 53.5 Å². The monoisotopic (exact) mass is 380 g/mol. The summed E-state index contributed by atoms with van der Waals surface area (Å²) in [6.45, 7) is 3.32. The van der Waals surface area contributed by atoms with Crippen molar-refractivity contribution in [2.24, 2.45) is 0 Å². The van der Waals surface area contributed by atoms with Crippen LogP contribution in [0.2, 0.25) is 0 Å². The first kappa shape index (κ1) is 19.3. The number of H-pyrrole nitrogens is 1. The Balaban J connectivity index is 1.48. The third-order valence-electron chi connectivity index (χ3n) is 4.54.